The molecule has 1 unspecified atom stereocenters. The molecule has 0 spiro atoms. The Kier molecular flexibility index (Phi) is 4.52. The van der Waals surface area contributed by atoms with Crippen molar-refractivity contribution in [2.24, 2.45) is 7.05 Å². The van der Waals surface area contributed by atoms with Crippen LogP contribution < -0.4 is 5.32 Å². The van der Waals surface area contributed by atoms with Gasteiger partial charge in [0.2, 0.25) is 11.7 Å². The van der Waals surface area contributed by atoms with Gasteiger partial charge in [-0.3, -0.25) is 4.90 Å². The number of nitrogens with zero attached hydrogens (tertiary/aromatic N) is 5. The predicted molar refractivity (Wildman–Crippen MR) is 94.0 cm³/mol. The van der Waals surface area contributed by atoms with E-state index in [1.807, 2.05) is 43.7 Å². The number of piperazine rings is 1. The summed E-state index contributed by atoms with van der Waals surface area (Å²) in [6.45, 7) is 3.26. The van der Waals surface area contributed by atoms with Crippen LogP contribution in [0.15, 0.2) is 41.2 Å². The molecule has 0 amide bonds. The van der Waals surface area contributed by atoms with Crippen molar-refractivity contribution in [1.29, 1.82) is 0 Å². The van der Waals surface area contributed by atoms with E-state index in [0.29, 0.717) is 23.3 Å². The zero-order chi connectivity index (χ0) is 17.2. The Balaban J connectivity index is 1.54. The lowest BCUT2D eigenvalue weighted by Crippen LogP contribution is -2.46. The topological polar surface area (TPSA) is 72.0 Å². The minimum Gasteiger partial charge on any atom is -0.338 e. The zero-order valence-electron chi connectivity index (χ0n) is 13.9. The second kappa shape index (κ2) is 6.95. The Bertz CT molecular complexity index is 860. The summed E-state index contributed by atoms with van der Waals surface area (Å²) in [6.07, 6.45) is 3.79. The number of aromatic nitrogens is 4. The third-order valence-corrected chi connectivity index (χ3v) is 4.64. The van der Waals surface area contributed by atoms with Gasteiger partial charge in [-0.1, -0.05) is 28.9 Å². The quantitative estimate of drug-likeness (QED) is 0.771. The Morgan fingerprint density at radius 2 is 2.32 bits per heavy atom. The average Bonchev–Trinajstić information content (AvgIpc) is 3.25. The van der Waals surface area contributed by atoms with Crippen LogP contribution >= 0.6 is 11.6 Å². The first-order chi connectivity index (χ1) is 12.2. The summed E-state index contributed by atoms with van der Waals surface area (Å²) in [7, 11) is 2.01. The fraction of sp³-hybridized carbons (Fsp3) is 0.353. The van der Waals surface area contributed by atoms with E-state index in [-0.39, 0.29) is 6.04 Å². The Hall–Kier alpha value is -2.22. The molecule has 0 radical (unpaired) electrons. The highest BCUT2D eigenvalue weighted by molar-refractivity contribution is 6.30. The minimum atomic E-state index is 0.176. The molecule has 1 aromatic carbocycles. The zero-order valence-corrected chi connectivity index (χ0v) is 14.6. The minimum absolute atomic E-state index is 0.176. The second-order valence-corrected chi connectivity index (χ2v) is 6.55. The van der Waals surface area contributed by atoms with Gasteiger partial charge in [0, 0.05) is 49.7 Å². The number of benzene rings is 1. The van der Waals surface area contributed by atoms with E-state index < -0.39 is 0 Å². The highest BCUT2D eigenvalue weighted by atomic mass is 35.5. The Morgan fingerprint density at radius 3 is 3.12 bits per heavy atom. The van der Waals surface area contributed by atoms with Crippen molar-refractivity contribution in [1.82, 2.24) is 29.9 Å². The molecule has 3 aromatic rings. The van der Waals surface area contributed by atoms with Crippen molar-refractivity contribution in [3.05, 3.63) is 53.4 Å². The molecule has 1 atom stereocenters. The number of aryl methyl sites for hydroxylation is 1. The fourth-order valence-corrected chi connectivity index (χ4v) is 3.32. The fourth-order valence-electron chi connectivity index (χ4n) is 3.13. The number of halogens is 1. The highest BCUT2D eigenvalue weighted by Crippen LogP contribution is 2.24. The summed E-state index contributed by atoms with van der Waals surface area (Å²) in [5, 5.41) is 8.17. The average molecular weight is 359 g/mol. The SMILES string of the molecule is Cn1ccnc1C1CNCCN1Cc1nc(-c2cccc(Cl)c2)no1. The van der Waals surface area contributed by atoms with Gasteiger partial charge in [-0.15, -0.1) is 0 Å². The molecule has 0 bridgehead atoms. The van der Waals surface area contributed by atoms with E-state index in [1.54, 1.807) is 0 Å². The molecule has 0 saturated carbocycles. The van der Waals surface area contributed by atoms with Crippen LogP contribution in [-0.4, -0.2) is 44.2 Å². The van der Waals surface area contributed by atoms with E-state index >= 15 is 0 Å². The molecular weight excluding hydrogens is 340 g/mol. The van der Waals surface area contributed by atoms with Gasteiger partial charge in [0.25, 0.3) is 0 Å². The van der Waals surface area contributed by atoms with Crippen molar-refractivity contribution >= 4 is 11.6 Å². The highest BCUT2D eigenvalue weighted by Gasteiger charge is 2.28. The number of rotatable bonds is 4. The summed E-state index contributed by atoms with van der Waals surface area (Å²) in [4.78, 5) is 11.3. The van der Waals surface area contributed by atoms with Crippen LogP contribution in [0, 0.1) is 0 Å². The summed E-state index contributed by atoms with van der Waals surface area (Å²) >= 11 is 6.04. The van der Waals surface area contributed by atoms with Gasteiger partial charge in [0.1, 0.15) is 5.82 Å². The van der Waals surface area contributed by atoms with Crippen LogP contribution in [0.5, 0.6) is 0 Å². The summed E-state index contributed by atoms with van der Waals surface area (Å²) in [5.41, 5.74) is 0.850. The molecule has 4 rings (SSSR count). The monoisotopic (exact) mass is 358 g/mol. The maximum absolute atomic E-state index is 6.04. The Labute approximate surface area is 150 Å². The first-order valence-corrected chi connectivity index (χ1v) is 8.59. The molecule has 1 aliphatic heterocycles. The van der Waals surface area contributed by atoms with E-state index in [9.17, 15) is 0 Å². The van der Waals surface area contributed by atoms with E-state index in [1.165, 1.54) is 0 Å². The molecule has 8 heteroatoms. The van der Waals surface area contributed by atoms with Crippen molar-refractivity contribution in [3.8, 4) is 11.4 Å². The van der Waals surface area contributed by atoms with Crippen LogP contribution in [-0.2, 0) is 13.6 Å². The van der Waals surface area contributed by atoms with E-state index in [2.05, 4.69) is 29.9 Å². The standard InChI is InChI=1S/C17H19ClN6O/c1-23-7-6-20-17(23)14-10-19-5-8-24(14)11-15-21-16(22-25-15)12-3-2-4-13(18)9-12/h2-4,6-7,9,14,19H,5,8,10-11H2,1H3. The maximum atomic E-state index is 6.04. The van der Waals surface area contributed by atoms with Gasteiger partial charge >= 0.3 is 0 Å². The van der Waals surface area contributed by atoms with Gasteiger partial charge in [0.05, 0.1) is 12.6 Å². The van der Waals surface area contributed by atoms with Crippen molar-refractivity contribution < 1.29 is 4.52 Å². The van der Waals surface area contributed by atoms with Crippen molar-refractivity contribution in [3.63, 3.8) is 0 Å². The summed E-state index contributed by atoms with van der Waals surface area (Å²) < 4.78 is 7.52. The third-order valence-electron chi connectivity index (χ3n) is 4.40. The van der Waals surface area contributed by atoms with Crippen LogP contribution in [0.2, 0.25) is 5.02 Å². The maximum Gasteiger partial charge on any atom is 0.241 e. The molecule has 3 heterocycles. The van der Waals surface area contributed by atoms with Crippen LogP contribution in [0.1, 0.15) is 17.8 Å². The lowest BCUT2D eigenvalue weighted by atomic mass is 10.1. The van der Waals surface area contributed by atoms with Crippen molar-refractivity contribution in [2.45, 2.75) is 12.6 Å². The van der Waals surface area contributed by atoms with E-state index in [4.69, 9.17) is 16.1 Å². The van der Waals surface area contributed by atoms with E-state index in [0.717, 1.165) is 31.0 Å². The second-order valence-electron chi connectivity index (χ2n) is 6.11. The molecule has 1 saturated heterocycles. The van der Waals surface area contributed by atoms with Crippen molar-refractivity contribution in [2.75, 3.05) is 19.6 Å². The van der Waals surface area contributed by atoms with Gasteiger partial charge in [-0.05, 0) is 12.1 Å². The van der Waals surface area contributed by atoms with Gasteiger partial charge in [0.15, 0.2) is 0 Å². The molecule has 0 aliphatic carbocycles. The lowest BCUT2D eigenvalue weighted by molar-refractivity contribution is 0.128. The number of nitrogens with one attached hydrogen (secondary N) is 1. The largest absolute Gasteiger partial charge is 0.338 e. The van der Waals surface area contributed by atoms with Crippen LogP contribution in [0.4, 0.5) is 0 Å². The summed E-state index contributed by atoms with van der Waals surface area (Å²) in [5.74, 6) is 2.18. The number of imidazole rings is 1. The lowest BCUT2D eigenvalue weighted by Gasteiger charge is -2.34. The normalized spacial score (nSPS) is 18.6. The number of hydrogen-bond acceptors (Lipinski definition) is 6. The molecule has 1 fully saturated rings. The number of hydrogen-bond donors (Lipinski definition) is 1. The molecule has 1 aliphatic rings. The first-order valence-electron chi connectivity index (χ1n) is 8.21. The van der Waals surface area contributed by atoms with Crippen LogP contribution in [0.3, 0.4) is 0 Å². The van der Waals surface area contributed by atoms with Gasteiger partial charge < -0.3 is 14.4 Å². The Morgan fingerprint density at radius 1 is 1.40 bits per heavy atom. The molecular formula is C17H19ClN6O. The summed E-state index contributed by atoms with van der Waals surface area (Å²) in [6, 6.07) is 7.63. The third kappa shape index (κ3) is 3.44. The van der Waals surface area contributed by atoms with Gasteiger partial charge in [-0.2, -0.15) is 4.98 Å². The predicted octanol–water partition coefficient (Wildman–Crippen LogP) is 2.27. The molecule has 2 aromatic heterocycles. The smallest absolute Gasteiger partial charge is 0.241 e. The molecule has 130 valence electrons. The van der Waals surface area contributed by atoms with Gasteiger partial charge in [-0.25, -0.2) is 4.98 Å². The van der Waals surface area contributed by atoms with Crippen LogP contribution in [0.25, 0.3) is 11.4 Å². The first kappa shape index (κ1) is 16.3. The molecule has 25 heavy (non-hydrogen) atoms. The molecule has 7 nitrogen and oxygen atoms in total. The molecule has 1 N–H and O–H groups in total.